The number of amides is 1. The van der Waals surface area contributed by atoms with Crippen LogP contribution in [0.5, 0.6) is 0 Å². The molecular weight excluding hydrogens is 316 g/mol. The number of rotatable bonds is 7. The van der Waals surface area contributed by atoms with E-state index in [9.17, 15) is 4.79 Å². The first kappa shape index (κ1) is 17.9. The Kier molecular flexibility index (Phi) is 6.02. The SMILES string of the molecule is CC(C)n1ncc2cc(CONC(=O)CCC3CCCCC3)cnc21. The second-order valence-corrected chi connectivity index (χ2v) is 7.30. The zero-order valence-corrected chi connectivity index (χ0v) is 15.2. The van der Waals surface area contributed by atoms with E-state index in [0.29, 0.717) is 18.9 Å². The Morgan fingerprint density at radius 1 is 1.32 bits per heavy atom. The van der Waals surface area contributed by atoms with Crippen LogP contribution in [0, 0.1) is 5.92 Å². The molecule has 2 aromatic rings. The molecule has 136 valence electrons. The normalized spacial score (nSPS) is 15.8. The molecule has 1 fully saturated rings. The van der Waals surface area contributed by atoms with Gasteiger partial charge in [-0.3, -0.25) is 9.63 Å². The van der Waals surface area contributed by atoms with Gasteiger partial charge in [-0.25, -0.2) is 15.1 Å². The molecule has 0 atom stereocenters. The predicted molar refractivity (Wildman–Crippen MR) is 96.7 cm³/mol. The highest BCUT2D eigenvalue weighted by Gasteiger charge is 2.15. The average molecular weight is 344 g/mol. The third kappa shape index (κ3) is 4.78. The highest BCUT2D eigenvalue weighted by atomic mass is 16.6. The summed E-state index contributed by atoms with van der Waals surface area (Å²) < 4.78 is 1.90. The Labute approximate surface area is 148 Å². The molecule has 2 aromatic heterocycles. The second kappa shape index (κ2) is 8.43. The lowest BCUT2D eigenvalue weighted by Gasteiger charge is -2.20. The van der Waals surface area contributed by atoms with Crippen LogP contribution in [0.25, 0.3) is 11.0 Å². The van der Waals surface area contributed by atoms with Crippen LogP contribution in [0.1, 0.15) is 70.4 Å². The zero-order valence-electron chi connectivity index (χ0n) is 15.2. The van der Waals surface area contributed by atoms with Crippen LogP contribution >= 0.6 is 0 Å². The van der Waals surface area contributed by atoms with Crippen molar-refractivity contribution in [2.24, 2.45) is 5.92 Å². The number of fused-ring (bicyclic) bond motifs is 1. The minimum Gasteiger partial charge on any atom is -0.273 e. The van der Waals surface area contributed by atoms with Gasteiger partial charge < -0.3 is 0 Å². The third-order valence-corrected chi connectivity index (χ3v) is 4.91. The van der Waals surface area contributed by atoms with Gasteiger partial charge in [0, 0.05) is 24.0 Å². The number of nitrogens with zero attached hydrogens (tertiary/aromatic N) is 3. The molecule has 0 spiro atoms. The number of hydrogen-bond donors (Lipinski definition) is 1. The first-order chi connectivity index (χ1) is 12.1. The highest BCUT2D eigenvalue weighted by molar-refractivity contribution is 5.75. The minimum atomic E-state index is -0.0350. The van der Waals surface area contributed by atoms with Crippen LogP contribution in [0.3, 0.4) is 0 Å². The van der Waals surface area contributed by atoms with Gasteiger partial charge in [0.25, 0.3) is 0 Å². The Morgan fingerprint density at radius 2 is 2.12 bits per heavy atom. The molecule has 0 radical (unpaired) electrons. The minimum absolute atomic E-state index is 0.0350. The molecular formula is C19H28N4O2. The summed E-state index contributed by atoms with van der Waals surface area (Å²) in [6.07, 6.45) is 11.6. The van der Waals surface area contributed by atoms with E-state index in [0.717, 1.165) is 23.0 Å². The number of nitrogens with one attached hydrogen (secondary N) is 1. The fourth-order valence-electron chi connectivity index (χ4n) is 3.50. The van der Waals surface area contributed by atoms with E-state index in [-0.39, 0.29) is 11.9 Å². The Hall–Kier alpha value is -1.95. The zero-order chi connectivity index (χ0) is 17.6. The lowest BCUT2D eigenvalue weighted by molar-refractivity contribution is -0.134. The molecule has 25 heavy (non-hydrogen) atoms. The highest BCUT2D eigenvalue weighted by Crippen LogP contribution is 2.27. The molecule has 6 heteroatoms. The van der Waals surface area contributed by atoms with E-state index < -0.39 is 0 Å². The van der Waals surface area contributed by atoms with Crippen LogP contribution in [0.2, 0.25) is 0 Å². The topological polar surface area (TPSA) is 69.0 Å². The van der Waals surface area contributed by atoms with Crippen molar-refractivity contribution in [3.05, 3.63) is 24.0 Å². The summed E-state index contributed by atoms with van der Waals surface area (Å²) in [5.41, 5.74) is 4.35. The third-order valence-electron chi connectivity index (χ3n) is 4.91. The first-order valence-corrected chi connectivity index (χ1v) is 9.36. The maximum absolute atomic E-state index is 11.9. The van der Waals surface area contributed by atoms with Crippen LogP contribution in [0.15, 0.2) is 18.5 Å². The molecule has 0 aliphatic heterocycles. The summed E-state index contributed by atoms with van der Waals surface area (Å²) >= 11 is 0. The quantitative estimate of drug-likeness (QED) is 0.773. The summed E-state index contributed by atoms with van der Waals surface area (Å²) in [7, 11) is 0. The van der Waals surface area contributed by atoms with E-state index in [4.69, 9.17) is 4.84 Å². The largest absolute Gasteiger partial charge is 0.273 e. The maximum Gasteiger partial charge on any atom is 0.243 e. The Morgan fingerprint density at radius 3 is 2.88 bits per heavy atom. The first-order valence-electron chi connectivity index (χ1n) is 9.36. The smallest absolute Gasteiger partial charge is 0.243 e. The average Bonchev–Trinajstić information content (AvgIpc) is 3.04. The van der Waals surface area contributed by atoms with E-state index in [1.165, 1.54) is 32.1 Å². The second-order valence-electron chi connectivity index (χ2n) is 7.30. The number of carbonyl (C=O) groups excluding carboxylic acids is 1. The fraction of sp³-hybridized carbons (Fsp3) is 0.632. The van der Waals surface area contributed by atoms with E-state index >= 15 is 0 Å². The van der Waals surface area contributed by atoms with Crippen LogP contribution < -0.4 is 5.48 Å². The Balaban J connectivity index is 1.43. The summed E-state index contributed by atoms with van der Waals surface area (Å²) in [5, 5.41) is 5.34. The van der Waals surface area contributed by atoms with Crippen molar-refractivity contribution < 1.29 is 9.63 Å². The van der Waals surface area contributed by atoms with Gasteiger partial charge in [-0.2, -0.15) is 5.10 Å². The molecule has 0 bridgehead atoms. The van der Waals surface area contributed by atoms with Crippen molar-refractivity contribution in [3.63, 3.8) is 0 Å². The van der Waals surface area contributed by atoms with E-state index in [2.05, 4.69) is 29.4 Å². The molecule has 1 saturated carbocycles. The van der Waals surface area contributed by atoms with Crippen molar-refractivity contribution in [1.29, 1.82) is 0 Å². The number of aromatic nitrogens is 3. The monoisotopic (exact) mass is 344 g/mol. The van der Waals surface area contributed by atoms with Crippen molar-refractivity contribution in [1.82, 2.24) is 20.2 Å². The van der Waals surface area contributed by atoms with Crippen molar-refractivity contribution in [2.75, 3.05) is 0 Å². The lowest BCUT2D eigenvalue weighted by Crippen LogP contribution is -2.24. The van der Waals surface area contributed by atoms with Crippen LogP contribution in [-0.2, 0) is 16.2 Å². The van der Waals surface area contributed by atoms with Gasteiger partial charge in [-0.15, -0.1) is 0 Å². The molecule has 0 aromatic carbocycles. The van der Waals surface area contributed by atoms with Crippen molar-refractivity contribution in [3.8, 4) is 0 Å². The fourth-order valence-corrected chi connectivity index (χ4v) is 3.50. The molecule has 0 unspecified atom stereocenters. The van der Waals surface area contributed by atoms with Gasteiger partial charge in [0.15, 0.2) is 5.65 Å². The lowest BCUT2D eigenvalue weighted by atomic mass is 9.86. The summed E-state index contributed by atoms with van der Waals surface area (Å²) in [6, 6.07) is 2.28. The molecule has 2 heterocycles. The van der Waals surface area contributed by atoms with Gasteiger partial charge in [0.2, 0.25) is 5.91 Å². The van der Waals surface area contributed by atoms with Gasteiger partial charge in [0.1, 0.15) is 6.61 Å². The summed E-state index contributed by atoms with van der Waals surface area (Å²) in [4.78, 5) is 21.7. The maximum atomic E-state index is 11.9. The molecule has 1 aliphatic carbocycles. The number of hydroxylamine groups is 1. The molecule has 0 saturated heterocycles. The number of hydrogen-bond acceptors (Lipinski definition) is 4. The standard InChI is InChI=1S/C19H28N4O2/c1-14(2)23-19-17(12-21-23)10-16(11-20-19)13-25-22-18(24)9-8-15-6-4-3-5-7-15/h10-12,14-15H,3-9,13H2,1-2H3,(H,22,24). The van der Waals surface area contributed by atoms with E-state index in [1.54, 1.807) is 6.20 Å². The molecule has 1 aliphatic rings. The van der Waals surface area contributed by atoms with Crippen molar-refractivity contribution >= 4 is 16.9 Å². The van der Waals surface area contributed by atoms with Crippen LogP contribution in [0.4, 0.5) is 0 Å². The van der Waals surface area contributed by atoms with Gasteiger partial charge >= 0.3 is 0 Å². The molecule has 3 rings (SSSR count). The summed E-state index contributed by atoms with van der Waals surface area (Å²) in [6.45, 7) is 4.47. The number of pyridine rings is 1. The molecule has 1 amide bonds. The van der Waals surface area contributed by atoms with Crippen LogP contribution in [-0.4, -0.2) is 20.7 Å². The van der Waals surface area contributed by atoms with Gasteiger partial charge in [0.05, 0.1) is 6.20 Å². The molecule has 6 nitrogen and oxygen atoms in total. The predicted octanol–water partition coefficient (Wildman–Crippen LogP) is 3.92. The molecule has 1 N–H and O–H groups in total. The Bertz CT molecular complexity index is 705. The number of carbonyl (C=O) groups is 1. The van der Waals surface area contributed by atoms with E-state index in [1.807, 2.05) is 16.9 Å². The van der Waals surface area contributed by atoms with Gasteiger partial charge in [-0.05, 0) is 37.8 Å². The van der Waals surface area contributed by atoms with Gasteiger partial charge in [-0.1, -0.05) is 32.1 Å². The summed E-state index contributed by atoms with van der Waals surface area (Å²) in [5.74, 6) is 0.677. The van der Waals surface area contributed by atoms with Crippen molar-refractivity contribution in [2.45, 2.75) is 71.4 Å².